The molecule has 1 atom stereocenters. The molecule has 4 heteroatoms. The molecule has 1 saturated heterocycles. The van der Waals surface area contributed by atoms with Crippen molar-refractivity contribution in [1.29, 1.82) is 0 Å². The largest absolute Gasteiger partial charge is 0.341 e. The molecule has 0 saturated carbocycles. The van der Waals surface area contributed by atoms with Gasteiger partial charge in [-0.1, -0.05) is 0 Å². The lowest BCUT2D eigenvalue weighted by molar-refractivity contribution is -0.134. The lowest BCUT2D eigenvalue weighted by Gasteiger charge is -2.32. The van der Waals surface area contributed by atoms with Gasteiger partial charge in [0.1, 0.15) is 5.78 Å². The average Bonchev–Trinajstić information content (AvgIpc) is 2.26. The predicted octanol–water partition coefficient (Wildman–Crippen LogP) is 0.566. The standard InChI is InChI=1S/C11H20N2O2/c1-9(14)5-6-11(15)13-7-3-4-10(8-13)12-2/h10,12H,3-8H2,1-2H3. The second-order valence-corrected chi connectivity index (χ2v) is 4.17. The summed E-state index contributed by atoms with van der Waals surface area (Å²) >= 11 is 0. The van der Waals surface area contributed by atoms with E-state index in [1.165, 1.54) is 6.92 Å². The maximum atomic E-state index is 11.7. The number of nitrogens with zero attached hydrogens (tertiary/aromatic N) is 1. The highest BCUT2D eigenvalue weighted by Gasteiger charge is 2.22. The third-order valence-electron chi connectivity index (χ3n) is 2.87. The fraction of sp³-hybridized carbons (Fsp3) is 0.818. The van der Waals surface area contributed by atoms with Crippen molar-refractivity contribution in [2.75, 3.05) is 20.1 Å². The van der Waals surface area contributed by atoms with Crippen LogP contribution >= 0.6 is 0 Å². The number of ketones is 1. The normalized spacial score (nSPS) is 21.5. The summed E-state index contributed by atoms with van der Waals surface area (Å²) in [6.45, 7) is 3.15. The Morgan fingerprint density at radius 2 is 2.13 bits per heavy atom. The minimum atomic E-state index is 0.0884. The van der Waals surface area contributed by atoms with Crippen molar-refractivity contribution in [2.45, 2.75) is 38.6 Å². The summed E-state index contributed by atoms with van der Waals surface area (Å²) in [6, 6.07) is 0.417. The van der Waals surface area contributed by atoms with Crippen LogP contribution in [0, 0.1) is 0 Å². The van der Waals surface area contributed by atoms with E-state index in [9.17, 15) is 9.59 Å². The number of hydrogen-bond donors (Lipinski definition) is 1. The van der Waals surface area contributed by atoms with Crippen molar-refractivity contribution in [2.24, 2.45) is 0 Å². The zero-order valence-electron chi connectivity index (χ0n) is 9.58. The number of carbonyl (C=O) groups is 2. The summed E-state index contributed by atoms with van der Waals surface area (Å²) in [5.74, 6) is 0.204. The molecule has 86 valence electrons. The molecule has 0 bridgehead atoms. The maximum absolute atomic E-state index is 11.7. The number of nitrogens with one attached hydrogen (secondary N) is 1. The predicted molar refractivity (Wildman–Crippen MR) is 58.6 cm³/mol. The molecular formula is C11H20N2O2. The summed E-state index contributed by atoms with van der Waals surface area (Å²) < 4.78 is 0. The number of hydrogen-bond acceptors (Lipinski definition) is 3. The van der Waals surface area contributed by atoms with Crippen molar-refractivity contribution < 1.29 is 9.59 Å². The molecule has 0 aliphatic carbocycles. The molecule has 1 unspecified atom stereocenters. The molecule has 1 heterocycles. The van der Waals surface area contributed by atoms with E-state index in [0.717, 1.165) is 25.9 Å². The van der Waals surface area contributed by atoms with E-state index in [1.807, 2.05) is 11.9 Å². The second kappa shape index (κ2) is 5.85. The molecule has 1 rings (SSSR count). The van der Waals surface area contributed by atoms with Crippen LogP contribution in [0.2, 0.25) is 0 Å². The summed E-state index contributed by atoms with van der Waals surface area (Å²) in [6.07, 6.45) is 2.93. The highest BCUT2D eigenvalue weighted by atomic mass is 16.2. The van der Waals surface area contributed by atoms with E-state index in [0.29, 0.717) is 18.9 Å². The smallest absolute Gasteiger partial charge is 0.223 e. The van der Waals surface area contributed by atoms with Gasteiger partial charge in [0, 0.05) is 32.0 Å². The third kappa shape index (κ3) is 4.00. The van der Waals surface area contributed by atoms with E-state index in [-0.39, 0.29) is 11.7 Å². The van der Waals surface area contributed by atoms with Crippen molar-refractivity contribution >= 4 is 11.7 Å². The molecule has 1 amide bonds. The van der Waals surface area contributed by atoms with E-state index in [4.69, 9.17) is 0 Å². The van der Waals surface area contributed by atoms with Crippen molar-refractivity contribution in [1.82, 2.24) is 10.2 Å². The van der Waals surface area contributed by atoms with Gasteiger partial charge in [0.05, 0.1) is 0 Å². The molecule has 1 aliphatic heterocycles. The first-order valence-electron chi connectivity index (χ1n) is 5.58. The first kappa shape index (κ1) is 12.2. The molecule has 1 N–H and O–H groups in total. The zero-order valence-corrected chi connectivity index (χ0v) is 9.58. The van der Waals surface area contributed by atoms with Crippen LogP contribution < -0.4 is 5.32 Å². The van der Waals surface area contributed by atoms with Gasteiger partial charge < -0.3 is 15.0 Å². The molecule has 0 radical (unpaired) electrons. The molecule has 0 aromatic rings. The van der Waals surface area contributed by atoms with Gasteiger partial charge in [-0.15, -0.1) is 0 Å². The first-order chi connectivity index (χ1) is 7.13. The van der Waals surface area contributed by atoms with Crippen LogP contribution in [-0.4, -0.2) is 42.8 Å². The maximum Gasteiger partial charge on any atom is 0.223 e. The number of rotatable bonds is 4. The monoisotopic (exact) mass is 212 g/mol. The summed E-state index contributed by atoms with van der Waals surface area (Å²) in [4.78, 5) is 24.3. The van der Waals surface area contributed by atoms with E-state index >= 15 is 0 Å². The Morgan fingerprint density at radius 3 is 2.73 bits per heavy atom. The molecule has 15 heavy (non-hydrogen) atoms. The second-order valence-electron chi connectivity index (χ2n) is 4.17. The van der Waals surface area contributed by atoms with Crippen molar-refractivity contribution in [3.05, 3.63) is 0 Å². The fourth-order valence-electron chi connectivity index (χ4n) is 1.88. The van der Waals surface area contributed by atoms with Crippen molar-refractivity contribution in [3.8, 4) is 0 Å². The Hall–Kier alpha value is -0.900. The quantitative estimate of drug-likeness (QED) is 0.741. The Morgan fingerprint density at radius 1 is 1.40 bits per heavy atom. The zero-order chi connectivity index (χ0) is 11.3. The summed E-state index contributed by atoms with van der Waals surface area (Å²) in [7, 11) is 1.92. The van der Waals surface area contributed by atoms with Crippen LogP contribution in [0.4, 0.5) is 0 Å². The number of carbonyl (C=O) groups excluding carboxylic acids is 2. The topological polar surface area (TPSA) is 49.4 Å². The molecule has 1 fully saturated rings. The fourth-order valence-corrected chi connectivity index (χ4v) is 1.88. The van der Waals surface area contributed by atoms with E-state index in [1.54, 1.807) is 0 Å². The number of amides is 1. The van der Waals surface area contributed by atoms with Crippen LogP contribution in [0.3, 0.4) is 0 Å². The lowest BCUT2D eigenvalue weighted by Crippen LogP contribution is -2.46. The van der Waals surface area contributed by atoms with Crippen LogP contribution in [0.1, 0.15) is 32.6 Å². The van der Waals surface area contributed by atoms with Gasteiger partial charge in [0.15, 0.2) is 0 Å². The summed E-state index contributed by atoms with van der Waals surface area (Å²) in [5, 5.41) is 3.19. The van der Waals surface area contributed by atoms with Crippen LogP contribution in [-0.2, 0) is 9.59 Å². The van der Waals surface area contributed by atoms with Gasteiger partial charge in [0.2, 0.25) is 5.91 Å². The minimum absolute atomic E-state index is 0.0884. The van der Waals surface area contributed by atoms with Gasteiger partial charge in [-0.2, -0.15) is 0 Å². The SMILES string of the molecule is CNC1CCCN(C(=O)CCC(C)=O)C1. The Kier molecular flexibility index (Phi) is 4.75. The molecule has 1 aliphatic rings. The Balaban J connectivity index is 2.35. The van der Waals surface area contributed by atoms with E-state index < -0.39 is 0 Å². The van der Waals surface area contributed by atoms with E-state index in [2.05, 4.69) is 5.32 Å². The Bertz CT molecular complexity index is 241. The molecule has 0 aromatic heterocycles. The van der Waals surface area contributed by atoms with Crippen LogP contribution in [0.25, 0.3) is 0 Å². The molecule has 0 spiro atoms. The lowest BCUT2D eigenvalue weighted by atomic mass is 10.1. The number of likely N-dealkylation sites (N-methyl/N-ethyl adjacent to an activating group) is 1. The first-order valence-corrected chi connectivity index (χ1v) is 5.58. The summed E-state index contributed by atoms with van der Waals surface area (Å²) in [5.41, 5.74) is 0. The van der Waals surface area contributed by atoms with Gasteiger partial charge in [0.25, 0.3) is 0 Å². The number of likely N-dealkylation sites (tertiary alicyclic amines) is 1. The van der Waals surface area contributed by atoms with Crippen LogP contribution in [0.15, 0.2) is 0 Å². The Labute approximate surface area is 91.0 Å². The van der Waals surface area contributed by atoms with Crippen molar-refractivity contribution in [3.63, 3.8) is 0 Å². The number of Topliss-reactive ketones (excluding diaryl/α,β-unsaturated/α-hetero) is 1. The molecule has 4 nitrogen and oxygen atoms in total. The van der Waals surface area contributed by atoms with Crippen LogP contribution in [0.5, 0.6) is 0 Å². The van der Waals surface area contributed by atoms with Gasteiger partial charge in [-0.05, 0) is 26.8 Å². The molecular weight excluding hydrogens is 192 g/mol. The highest BCUT2D eigenvalue weighted by Crippen LogP contribution is 2.11. The van der Waals surface area contributed by atoms with Gasteiger partial charge >= 0.3 is 0 Å². The number of piperidine rings is 1. The van der Waals surface area contributed by atoms with Gasteiger partial charge in [-0.3, -0.25) is 4.79 Å². The average molecular weight is 212 g/mol. The third-order valence-corrected chi connectivity index (χ3v) is 2.87. The minimum Gasteiger partial charge on any atom is -0.341 e. The van der Waals surface area contributed by atoms with Gasteiger partial charge in [-0.25, -0.2) is 0 Å². The molecule has 0 aromatic carbocycles. The highest BCUT2D eigenvalue weighted by molar-refractivity contribution is 5.83.